The van der Waals surface area contributed by atoms with E-state index in [0.717, 1.165) is 32.1 Å². The summed E-state index contributed by atoms with van der Waals surface area (Å²) in [5.41, 5.74) is 3.99. The van der Waals surface area contributed by atoms with Gasteiger partial charge in [-0.05, 0) is 50.6 Å². The SMILES string of the molecule is CC[C@H]1C=CC(=O)O[C@H]1/C=C/[C@](O)(CCN)[C@H](O)C[C@@H](O)/C=C\C=C/[C@@H]1CCC[C@H](O)C1. The molecule has 7 nitrogen and oxygen atoms in total. The van der Waals surface area contributed by atoms with E-state index in [-0.39, 0.29) is 31.4 Å². The Morgan fingerprint density at radius 1 is 1.28 bits per heavy atom. The van der Waals surface area contributed by atoms with Gasteiger partial charge < -0.3 is 30.9 Å². The molecule has 0 amide bonds. The third-order valence-electron chi connectivity index (χ3n) is 6.30. The molecule has 0 bridgehead atoms. The molecule has 1 aliphatic carbocycles. The Hall–Kier alpha value is -1.77. The second-order valence-electron chi connectivity index (χ2n) is 8.89. The van der Waals surface area contributed by atoms with Gasteiger partial charge in [0.15, 0.2) is 0 Å². The maximum atomic E-state index is 11.6. The first-order chi connectivity index (χ1) is 15.3. The average Bonchev–Trinajstić information content (AvgIpc) is 2.75. The van der Waals surface area contributed by atoms with Crippen LogP contribution in [-0.2, 0) is 9.53 Å². The van der Waals surface area contributed by atoms with Crippen LogP contribution < -0.4 is 5.73 Å². The van der Waals surface area contributed by atoms with Crippen molar-refractivity contribution in [3.05, 3.63) is 48.6 Å². The van der Waals surface area contributed by atoms with E-state index < -0.39 is 29.9 Å². The van der Waals surface area contributed by atoms with Gasteiger partial charge in [0.25, 0.3) is 0 Å². The standard InChI is InChI=1S/C25H39NO6/c1-2-19-10-11-24(30)32-22(19)12-13-25(31,14-15-26)23(29)17-21(28)8-4-3-6-18-7-5-9-20(27)16-18/h3-4,6,8,10-13,18-23,27-29,31H,2,5,7,9,14-17,26H2,1H3/b6-3-,8-4-,13-12+/t18-,19+,20+,21+,22+,23-,25+/m1/s1. The first kappa shape index (κ1) is 26.5. The van der Waals surface area contributed by atoms with Gasteiger partial charge in [-0.15, -0.1) is 0 Å². The summed E-state index contributed by atoms with van der Waals surface area (Å²) in [5, 5.41) is 41.7. The zero-order valence-electron chi connectivity index (χ0n) is 18.9. The number of nitrogens with two attached hydrogens (primary N) is 1. The molecule has 32 heavy (non-hydrogen) atoms. The first-order valence-corrected chi connectivity index (χ1v) is 11.7. The van der Waals surface area contributed by atoms with Crippen molar-refractivity contribution in [2.45, 2.75) is 81.9 Å². The fourth-order valence-electron chi connectivity index (χ4n) is 4.28. The van der Waals surface area contributed by atoms with E-state index >= 15 is 0 Å². The van der Waals surface area contributed by atoms with Gasteiger partial charge in [-0.3, -0.25) is 0 Å². The number of aliphatic hydroxyl groups is 4. The largest absolute Gasteiger partial charge is 0.454 e. The molecule has 1 aliphatic heterocycles. The van der Waals surface area contributed by atoms with Crippen LogP contribution >= 0.6 is 0 Å². The Kier molecular flexibility index (Phi) is 10.8. The van der Waals surface area contributed by atoms with Crippen molar-refractivity contribution in [3.8, 4) is 0 Å². The minimum Gasteiger partial charge on any atom is -0.454 e. The van der Waals surface area contributed by atoms with E-state index in [9.17, 15) is 25.2 Å². The smallest absolute Gasteiger partial charge is 0.331 e. The molecule has 2 aliphatic rings. The van der Waals surface area contributed by atoms with Crippen molar-refractivity contribution in [2.24, 2.45) is 17.6 Å². The third kappa shape index (κ3) is 8.30. The van der Waals surface area contributed by atoms with Crippen molar-refractivity contribution >= 4 is 5.97 Å². The lowest BCUT2D eigenvalue weighted by Crippen LogP contribution is -2.44. The lowest BCUT2D eigenvalue weighted by Gasteiger charge is -2.32. The molecule has 0 aromatic heterocycles. The lowest BCUT2D eigenvalue weighted by atomic mass is 9.86. The fraction of sp³-hybridized carbons (Fsp3) is 0.640. The van der Waals surface area contributed by atoms with Crippen LogP contribution in [0.4, 0.5) is 0 Å². The highest BCUT2D eigenvalue weighted by Crippen LogP contribution is 2.26. The quantitative estimate of drug-likeness (QED) is 0.185. The number of rotatable bonds is 11. The molecule has 1 saturated carbocycles. The molecule has 0 aromatic carbocycles. The topological polar surface area (TPSA) is 133 Å². The Morgan fingerprint density at radius 2 is 2.06 bits per heavy atom. The minimum absolute atomic E-state index is 0.00573. The second-order valence-corrected chi connectivity index (χ2v) is 8.89. The molecule has 0 spiro atoms. The van der Waals surface area contributed by atoms with E-state index in [4.69, 9.17) is 10.5 Å². The van der Waals surface area contributed by atoms with Gasteiger partial charge in [0.05, 0.1) is 18.3 Å². The van der Waals surface area contributed by atoms with Gasteiger partial charge >= 0.3 is 5.97 Å². The normalized spacial score (nSPS) is 30.6. The van der Waals surface area contributed by atoms with Gasteiger partial charge in [0.2, 0.25) is 0 Å². The van der Waals surface area contributed by atoms with Gasteiger partial charge in [-0.2, -0.15) is 0 Å². The van der Waals surface area contributed by atoms with Gasteiger partial charge in [0, 0.05) is 18.4 Å². The number of hydrogen-bond acceptors (Lipinski definition) is 7. The molecular weight excluding hydrogens is 410 g/mol. The predicted octanol–water partition coefficient (Wildman–Crippen LogP) is 1.91. The summed E-state index contributed by atoms with van der Waals surface area (Å²) in [5.74, 6) is -0.112. The van der Waals surface area contributed by atoms with Crippen LogP contribution in [0.15, 0.2) is 48.6 Å². The number of esters is 1. The maximum absolute atomic E-state index is 11.6. The van der Waals surface area contributed by atoms with Crippen molar-refractivity contribution in [1.82, 2.24) is 0 Å². The van der Waals surface area contributed by atoms with Crippen molar-refractivity contribution in [1.29, 1.82) is 0 Å². The predicted molar refractivity (Wildman–Crippen MR) is 123 cm³/mol. The van der Waals surface area contributed by atoms with Gasteiger partial charge in [0.1, 0.15) is 11.7 Å². The van der Waals surface area contributed by atoms with Crippen LogP contribution in [0.5, 0.6) is 0 Å². The third-order valence-corrected chi connectivity index (χ3v) is 6.30. The molecule has 0 saturated heterocycles. The number of carbonyl (C=O) groups is 1. The second kappa shape index (κ2) is 13.1. The highest BCUT2D eigenvalue weighted by Gasteiger charge is 2.34. The Labute approximate surface area is 191 Å². The van der Waals surface area contributed by atoms with Crippen LogP contribution in [0.3, 0.4) is 0 Å². The molecule has 6 N–H and O–H groups in total. The number of carbonyl (C=O) groups excluding carboxylic acids is 1. The summed E-state index contributed by atoms with van der Waals surface area (Å²) in [6.07, 6.45) is 14.9. The summed E-state index contributed by atoms with van der Waals surface area (Å²) < 4.78 is 5.33. The summed E-state index contributed by atoms with van der Waals surface area (Å²) in [4.78, 5) is 11.6. The molecule has 0 aromatic rings. The zero-order chi connectivity index (χ0) is 23.6. The number of aliphatic hydroxyl groups excluding tert-OH is 3. The monoisotopic (exact) mass is 449 g/mol. The average molecular weight is 450 g/mol. The van der Waals surface area contributed by atoms with Crippen molar-refractivity contribution in [3.63, 3.8) is 0 Å². The maximum Gasteiger partial charge on any atom is 0.331 e. The highest BCUT2D eigenvalue weighted by molar-refractivity contribution is 5.83. The van der Waals surface area contributed by atoms with Crippen LogP contribution in [-0.4, -0.2) is 63.0 Å². The van der Waals surface area contributed by atoms with Crippen LogP contribution in [0, 0.1) is 11.8 Å². The number of ether oxygens (including phenoxy) is 1. The molecule has 1 fully saturated rings. The minimum atomic E-state index is -1.65. The van der Waals surface area contributed by atoms with E-state index in [0.29, 0.717) is 5.92 Å². The Morgan fingerprint density at radius 3 is 2.75 bits per heavy atom. The van der Waals surface area contributed by atoms with Crippen molar-refractivity contribution in [2.75, 3.05) is 6.54 Å². The van der Waals surface area contributed by atoms with E-state index in [1.807, 2.05) is 19.1 Å². The highest BCUT2D eigenvalue weighted by atomic mass is 16.5. The molecule has 7 heteroatoms. The van der Waals surface area contributed by atoms with E-state index in [1.54, 1.807) is 24.3 Å². The van der Waals surface area contributed by atoms with Crippen LogP contribution in [0.2, 0.25) is 0 Å². The number of cyclic esters (lactones) is 1. The summed E-state index contributed by atoms with van der Waals surface area (Å²) in [6, 6.07) is 0. The van der Waals surface area contributed by atoms with E-state index in [2.05, 4.69) is 0 Å². The lowest BCUT2D eigenvalue weighted by molar-refractivity contribution is -0.143. The number of allylic oxidation sites excluding steroid dienone is 3. The summed E-state index contributed by atoms with van der Waals surface area (Å²) in [7, 11) is 0. The van der Waals surface area contributed by atoms with E-state index in [1.165, 1.54) is 12.2 Å². The molecule has 0 unspecified atom stereocenters. The molecule has 0 radical (unpaired) electrons. The number of hydrogen-bond donors (Lipinski definition) is 5. The summed E-state index contributed by atoms with van der Waals surface area (Å²) in [6.45, 7) is 2.12. The van der Waals surface area contributed by atoms with Gasteiger partial charge in [-0.1, -0.05) is 49.8 Å². The van der Waals surface area contributed by atoms with Crippen molar-refractivity contribution < 1.29 is 30.0 Å². The molecule has 180 valence electrons. The molecule has 7 atom stereocenters. The first-order valence-electron chi connectivity index (χ1n) is 11.7. The van der Waals surface area contributed by atoms with Gasteiger partial charge in [-0.25, -0.2) is 4.79 Å². The Balaban J connectivity index is 1.94. The fourth-order valence-corrected chi connectivity index (χ4v) is 4.28. The van der Waals surface area contributed by atoms with Crippen LogP contribution in [0.1, 0.15) is 51.9 Å². The molecular formula is C25H39NO6. The Bertz CT molecular complexity index is 703. The zero-order valence-corrected chi connectivity index (χ0v) is 18.9. The van der Waals surface area contributed by atoms with Crippen LogP contribution in [0.25, 0.3) is 0 Å². The molecule has 2 rings (SSSR count). The summed E-state index contributed by atoms with van der Waals surface area (Å²) >= 11 is 0. The molecule has 1 heterocycles.